The van der Waals surface area contributed by atoms with Gasteiger partial charge < -0.3 is 9.64 Å². The fraction of sp³-hybridized carbons (Fsp3) is 0.250. The quantitative estimate of drug-likeness (QED) is 0.488. The number of hydrogen-bond acceptors (Lipinski definition) is 2. The van der Waals surface area contributed by atoms with Crippen molar-refractivity contribution in [2.75, 3.05) is 23.5 Å². The third-order valence-electron chi connectivity index (χ3n) is 5.14. The molecule has 2 nitrogen and oxygen atoms in total. The second-order valence-electron chi connectivity index (χ2n) is 6.90. The lowest BCUT2D eigenvalue weighted by Gasteiger charge is -2.28. The van der Waals surface area contributed by atoms with E-state index in [1.54, 1.807) is 7.11 Å². The zero-order valence-corrected chi connectivity index (χ0v) is 16.8. The lowest BCUT2D eigenvalue weighted by Crippen LogP contribution is -2.13. The van der Waals surface area contributed by atoms with Crippen molar-refractivity contribution in [3.63, 3.8) is 0 Å². The molecule has 4 rings (SSSR count). The SMILES string of the molecule is COc1ccccc1N(c1ccc([S+]2CCCC2)cc1)c1ccccc1C. The minimum Gasteiger partial charge on any atom is -0.495 e. The van der Waals surface area contributed by atoms with Crippen LogP contribution in [0.3, 0.4) is 0 Å². The van der Waals surface area contributed by atoms with Crippen molar-refractivity contribution < 1.29 is 4.74 Å². The van der Waals surface area contributed by atoms with Crippen LogP contribution in [0.2, 0.25) is 0 Å². The Kier molecular flexibility index (Phi) is 5.40. The van der Waals surface area contributed by atoms with Gasteiger partial charge in [0.25, 0.3) is 0 Å². The van der Waals surface area contributed by atoms with Crippen LogP contribution in [-0.2, 0) is 10.9 Å². The van der Waals surface area contributed by atoms with Crippen LogP contribution in [0, 0.1) is 6.92 Å². The van der Waals surface area contributed by atoms with Gasteiger partial charge in [0.1, 0.15) is 17.3 Å². The smallest absolute Gasteiger partial charge is 0.155 e. The van der Waals surface area contributed by atoms with Crippen molar-refractivity contribution in [3.05, 3.63) is 78.4 Å². The molecule has 1 fully saturated rings. The highest BCUT2D eigenvalue weighted by Crippen LogP contribution is 2.41. The molecule has 0 amide bonds. The minimum atomic E-state index is 0.445. The van der Waals surface area contributed by atoms with Crippen LogP contribution in [0.25, 0.3) is 0 Å². The van der Waals surface area contributed by atoms with Crippen LogP contribution >= 0.6 is 0 Å². The van der Waals surface area contributed by atoms with E-state index in [-0.39, 0.29) is 0 Å². The number of benzene rings is 3. The molecule has 1 aliphatic rings. The molecule has 0 radical (unpaired) electrons. The zero-order chi connectivity index (χ0) is 18.6. The van der Waals surface area contributed by atoms with Crippen molar-refractivity contribution in [3.8, 4) is 5.75 Å². The van der Waals surface area contributed by atoms with Crippen LogP contribution in [0.15, 0.2) is 77.7 Å². The van der Waals surface area contributed by atoms with Gasteiger partial charge in [0.2, 0.25) is 0 Å². The third-order valence-corrected chi connectivity index (χ3v) is 7.64. The second kappa shape index (κ2) is 8.10. The number of anilines is 3. The summed E-state index contributed by atoms with van der Waals surface area (Å²) in [4.78, 5) is 3.80. The van der Waals surface area contributed by atoms with Gasteiger partial charge in [0.05, 0.1) is 12.8 Å². The molecule has 3 heteroatoms. The van der Waals surface area contributed by atoms with E-state index in [2.05, 4.69) is 72.5 Å². The number of hydrogen-bond donors (Lipinski definition) is 0. The van der Waals surface area contributed by atoms with Crippen molar-refractivity contribution in [2.45, 2.75) is 24.7 Å². The van der Waals surface area contributed by atoms with Crippen LogP contribution in [0.5, 0.6) is 5.75 Å². The van der Waals surface area contributed by atoms with Gasteiger partial charge in [-0.2, -0.15) is 0 Å². The first-order valence-electron chi connectivity index (χ1n) is 9.54. The van der Waals surface area contributed by atoms with E-state index in [9.17, 15) is 0 Å². The molecular formula is C24H26NOS+. The summed E-state index contributed by atoms with van der Waals surface area (Å²) in [6.07, 6.45) is 2.75. The van der Waals surface area contributed by atoms with Crippen LogP contribution in [0.4, 0.5) is 17.1 Å². The predicted molar refractivity (Wildman–Crippen MR) is 117 cm³/mol. The third kappa shape index (κ3) is 3.70. The Morgan fingerprint density at radius 2 is 1.41 bits per heavy atom. The molecule has 1 aliphatic heterocycles. The number of methoxy groups -OCH3 is 1. The molecule has 138 valence electrons. The van der Waals surface area contributed by atoms with Gasteiger partial charge in [-0.1, -0.05) is 30.3 Å². The summed E-state index contributed by atoms with van der Waals surface area (Å²) in [6.45, 7) is 2.16. The summed E-state index contributed by atoms with van der Waals surface area (Å²) in [5, 5.41) is 0. The Labute approximate surface area is 165 Å². The van der Waals surface area contributed by atoms with Crippen molar-refractivity contribution in [2.24, 2.45) is 0 Å². The fourth-order valence-corrected chi connectivity index (χ4v) is 6.02. The van der Waals surface area contributed by atoms with Gasteiger partial charge >= 0.3 is 0 Å². The highest BCUT2D eigenvalue weighted by atomic mass is 32.2. The first-order valence-corrected chi connectivity index (χ1v) is 11.1. The normalized spacial score (nSPS) is 14.3. The Bertz CT molecular complexity index is 900. The Balaban J connectivity index is 1.79. The van der Waals surface area contributed by atoms with Crippen molar-refractivity contribution in [1.82, 2.24) is 0 Å². The molecule has 0 aliphatic carbocycles. The largest absolute Gasteiger partial charge is 0.495 e. The topological polar surface area (TPSA) is 12.5 Å². The summed E-state index contributed by atoms with van der Waals surface area (Å²) < 4.78 is 5.67. The maximum Gasteiger partial charge on any atom is 0.155 e. The summed E-state index contributed by atoms with van der Waals surface area (Å²) in [7, 11) is 2.18. The molecule has 0 spiro atoms. The molecule has 0 atom stereocenters. The Hall–Kier alpha value is -2.39. The van der Waals surface area contributed by atoms with Crippen LogP contribution in [-0.4, -0.2) is 18.6 Å². The molecule has 0 N–H and O–H groups in total. The van der Waals surface area contributed by atoms with Gasteiger partial charge in [-0.15, -0.1) is 0 Å². The molecule has 0 bridgehead atoms. The molecular weight excluding hydrogens is 350 g/mol. The van der Waals surface area contributed by atoms with E-state index in [4.69, 9.17) is 4.74 Å². The number of nitrogens with zero attached hydrogens (tertiary/aromatic N) is 1. The number of para-hydroxylation sites is 3. The average Bonchev–Trinajstić information content (AvgIpc) is 3.25. The van der Waals surface area contributed by atoms with Crippen LogP contribution < -0.4 is 9.64 Å². The van der Waals surface area contributed by atoms with E-state index < -0.39 is 0 Å². The molecule has 1 heterocycles. The van der Waals surface area contributed by atoms with Gasteiger partial charge in [0, 0.05) is 22.3 Å². The lowest BCUT2D eigenvalue weighted by molar-refractivity contribution is 0.416. The highest BCUT2D eigenvalue weighted by Gasteiger charge is 2.27. The summed E-state index contributed by atoms with van der Waals surface area (Å²) in [5.41, 5.74) is 4.65. The Morgan fingerprint density at radius 1 is 0.778 bits per heavy atom. The summed E-state index contributed by atoms with van der Waals surface area (Å²) in [6, 6.07) is 25.9. The summed E-state index contributed by atoms with van der Waals surface area (Å²) >= 11 is 0. The van der Waals surface area contributed by atoms with Crippen LogP contribution in [0.1, 0.15) is 18.4 Å². The minimum absolute atomic E-state index is 0.445. The average molecular weight is 377 g/mol. The monoisotopic (exact) mass is 376 g/mol. The molecule has 3 aromatic carbocycles. The first kappa shape index (κ1) is 18.0. The molecule has 0 saturated carbocycles. The highest BCUT2D eigenvalue weighted by molar-refractivity contribution is 7.97. The Morgan fingerprint density at radius 3 is 2.07 bits per heavy atom. The summed E-state index contributed by atoms with van der Waals surface area (Å²) in [5.74, 6) is 3.59. The van der Waals surface area contributed by atoms with E-state index in [1.165, 1.54) is 46.2 Å². The first-order chi connectivity index (χ1) is 13.3. The van der Waals surface area contributed by atoms with Gasteiger partial charge in [-0.25, -0.2) is 0 Å². The standard InChI is InChI=1S/C24H26NOS/c1-19-9-3-4-10-22(19)25(23-11-5-6-12-24(23)26-2)20-13-15-21(16-14-20)27-17-7-8-18-27/h3-6,9-16H,7-8,17-18H2,1-2H3/q+1. The van der Waals surface area contributed by atoms with E-state index in [0.717, 1.165) is 11.4 Å². The molecule has 0 aromatic heterocycles. The van der Waals surface area contributed by atoms with E-state index >= 15 is 0 Å². The molecule has 3 aromatic rings. The second-order valence-corrected chi connectivity index (χ2v) is 9.17. The van der Waals surface area contributed by atoms with Gasteiger partial charge in [0.15, 0.2) is 4.90 Å². The molecule has 27 heavy (non-hydrogen) atoms. The van der Waals surface area contributed by atoms with Gasteiger partial charge in [-0.3, -0.25) is 0 Å². The predicted octanol–water partition coefficient (Wildman–Crippen LogP) is 6.24. The van der Waals surface area contributed by atoms with Gasteiger partial charge in [-0.05, 0) is 67.8 Å². The number of ether oxygens (including phenoxy) is 1. The maximum atomic E-state index is 5.67. The molecule has 0 unspecified atom stereocenters. The maximum absolute atomic E-state index is 5.67. The van der Waals surface area contributed by atoms with E-state index in [1.807, 2.05) is 12.1 Å². The van der Waals surface area contributed by atoms with E-state index in [0.29, 0.717) is 10.9 Å². The van der Waals surface area contributed by atoms with Crippen molar-refractivity contribution in [1.29, 1.82) is 0 Å². The molecule has 1 saturated heterocycles. The number of rotatable bonds is 5. The zero-order valence-electron chi connectivity index (χ0n) is 16.0. The fourth-order valence-electron chi connectivity index (χ4n) is 3.71. The lowest BCUT2D eigenvalue weighted by atomic mass is 10.1. The van der Waals surface area contributed by atoms with Crippen molar-refractivity contribution >= 4 is 28.0 Å². The number of aryl methyl sites for hydroxylation is 1.